The second kappa shape index (κ2) is 6.71. The highest BCUT2D eigenvalue weighted by molar-refractivity contribution is 5.77. The number of nitrogens with zero attached hydrogens (tertiary/aromatic N) is 2. The Balaban J connectivity index is 1.53. The highest BCUT2D eigenvalue weighted by Gasteiger charge is 2.39. The van der Waals surface area contributed by atoms with Gasteiger partial charge in [-0.3, -0.25) is 14.7 Å². The topological polar surface area (TPSA) is 68.5 Å². The summed E-state index contributed by atoms with van der Waals surface area (Å²) in [4.78, 5) is 17.7. The Morgan fingerprint density at radius 2 is 2.14 bits per heavy atom. The van der Waals surface area contributed by atoms with Crippen molar-refractivity contribution >= 4 is 5.91 Å². The fourth-order valence-electron chi connectivity index (χ4n) is 3.62. The van der Waals surface area contributed by atoms with Gasteiger partial charge in [0.05, 0.1) is 18.2 Å². The first-order chi connectivity index (χ1) is 10.6. The van der Waals surface area contributed by atoms with Crippen molar-refractivity contribution in [1.82, 2.24) is 9.88 Å². The van der Waals surface area contributed by atoms with E-state index in [1.807, 2.05) is 0 Å². The summed E-state index contributed by atoms with van der Waals surface area (Å²) in [7, 11) is 0. The Bertz CT molecular complexity index is 532. The van der Waals surface area contributed by atoms with Crippen molar-refractivity contribution in [2.24, 2.45) is 17.6 Å². The molecule has 1 amide bonds. The lowest BCUT2D eigenvalue weighted by atomic mass is 9.84. The van der Waals surface area contributed by atoms with Crippen LogP contribution in [0.5, 0.6) is 0 Å². The molecular weight excluding hydrogens is 285 g/mol. The van der Waals surface area contributed by atoms with E-state index in [0.29, 0.717) is 19.1 Å². The zero-order valence-corrected chi connectivity index (χ0v) is 12.6. The molecule has 0 bridgehead atoms. The van der Waals surface area contributed by atoms with Gasteiger partial charge in [-0.05, 0) is 49.9 Å². The predicted octanol–water partition coefficient (Wildman–Crippen LogP) is 1.32. The largest absolute Gasteiger partial charge is 0.377 e. The average molecular weight is 307 g/mol. The number of pyridine rings is 1. The van der Waals surface area contributed by atoms with E-state index in [0.717, 1.165) is 37.9 Å². The van der Waals surface area contributed by atoms with Gasteiger partial charge in [0, 0.05) is 19.3 Å². The number of nitrogens with two attached hydrogens (primary N) is 1. The Labute approximate surface area is 129 Å². The highest BCUT2D eigenvalue weighted by atomic mass is 19.1. The molecule has 120 valence electrons. The molecule has 0 aromatic carbocycles. The van der Waals surface area contributed by atoms with E-state index in [9.17, 15) is 9.18 Å². The summed E-state index contributed by atoms with van der Waals surface area (Å²) in [5.41, 5.74) is 6.36. The van der Waals surface area contributed by atoms with E-state index in [1.165, 1.54) is 12.3 Å². The Kier molecular flexibility index (Phi) is 4.69. The summed E-state index contributed by atoms with van der Waals surface area (Å²) < 4.78 is 18.9. The van der Waals surface area contributed by atoms with Crippen LogP contribution in [0.15, 0.2) is 18.5 Å². The minimum atomic E-state index is -0.295. The zero-order chi connectivity index (χ0) is 15.5. The van der Waals surface area contributed by atoms with Crippen LogP contribution in [0.2, 0.25) is 0 Å². The number of hydrogen-bond donors (Lipinski definition) is 1. The third-order valence-electron chi connectivity index (χ3n) is 4.77. The first kappa shape index (κ1) is 15.4. The van der Waals surface area contributed by atoms with Crippen LogP contribution in [-0.2, 0) is 16.1 Å². The van der Waals surface area contributed by atoms with Crippen LogP contribution < -0.4 is 5.73 Å². The van der Waals surface area contributed by atoms with Crippen LogP contribution in [0, 0.1) is 17.7 Å². The molecule has 0 radical (unpaired) electrons. The first-order valence-electron chi connectivity index (χ1n) is 7.86. The minimum absolute atomic E-state index is 0.0181. The van der Waals surface area contributed by atoms with Crippen molar-refractivity contribution in [3.63, 3.8) is 0 Å². The van der Waals surface area contributed by atoms with Crippen LogP contribution in [0.3, 0.4) is 0 Å². The number of ether oxygens (including phenoxy) is 1. The fraction of sp³-hybridized carbons (Fsp3) is 0.625. The number of carbonyl (C=O) groups is 1. The molecule has 2 aliphatic heterocycles. The third-order valence-corrected chi connectivity index (χ3v) is 4.77. The molecule has 0 unspecified atom stereocenters. The predicted molar refractivity (Wildman–Crippen MR) is 79.2 cm³/mol. The molecule has 22 heavy (non-hydrogen) atoms. The number of hydrogen-bond acceptors (Lipinski definition) is 4. The lowest BCUT2D eigenvalue weighted by Gasteiger charge is -2.35. The molecule has 1 aromatic rings. The maximum absolute atomic E-state index is 13.2. The number of piperidine rings is 1. The van der Waals surface area contributed by atoms with Gasteiger partial charge in [-0.25, -0.2) is 4.39 Å². The van der Waals surface area contributed by atoms with E-state index in [-0.39, 0.29) is 23.7 Å². The molecule has 2 fully saturated rings. The zero-order valence-electron chi connectivity index (χ0n) is 12.6. The van der Waals surface area contributed by atoms with E-state index in [4.69, 9.17) is 10.5 Å². The van der Waals surface area contributed by atoms with Gasteiger partial charge in [-0.2, -0.15) is 0 Å². The van der Waals surface area contributed by atoms with Crippen LogP contribution in [0.25, 0.3) is 0 Å². The molecule has 0 spiro atoms. The Morgan fingerprint density at radius 1 is 1.36 bits per heavy atom. The number of halogens is 1. The van der Waals surface area contributed by atoms with Gasteiger partial charge >= 0.3 is 0 Å². The quantitative estimate of drug-likeness (QED) is 0.911. The maximum atomic E-state index is 13.2. The molecule has 1 aromatic heterocycles. The van der Waals surface area contributed by atoms with E-state index in [1.54, 1.807) is 6.20 Å². The molecule has 0 aliphatic carbocycles. The third kappa shape index (κ3) is 3.44. The number of rotatable bonds is 4. The van der Waals surface area contributed by atoms with Gasteiger partial charge in [0.1, 0.15) is 5.82 Å². The van der Waals surface area contributed by atoms with E-state index in [2.05, 4.69) is 9.88 Å². The number of primary amides is 1. The SMILES string of the molecule is NC(=O)[C@H]1CCO[C@@H]1C1CCN(Cc2cncc(F)c2)CC1. The molecule has 6 heteroatoms. The van der Waals surface area contributed by atoms with Gasteiger partial charge in [-0.15, -0.1) is 0 Å². The second-order valence-electron chi connectivity index (χ2n) is 6.26. The standard InChI is InChI=1S/C16H22FN3O2/c17-13-7-11(8-19-9-13)10-20-4-1-12(2-5-20)15-14(16(18)21)3-6-22-15/h7-9,12,14-15H,1-6,10H2,(H2,18,21)/t14-,15+/m0/s1. The molecule has 2 N–H and O–H groups in total. The number of likely N-dealkylation sites (tertiary alicyclic amines) is 1. The van der Waals surface area contributed by atoms with Crippen molar-refractivity contribution in [2.75, 3.05) is 19.7 Å². The van der Waals surface area contributed by atoms with Crippen LogP contribution in [-0.4, -0.2) is 41.6 Å². The molecule has 2 atom stereocenters. The monoisotopic (exact) mass is 307 g/mol. The molecule has 3 rings (SSSR count). The number of amides is 1. The summed E-state index contributed by atoms with van der Waals surface area (Å²) in [6.45, 7) is 3.19. The summed E-state index contributed by atoms with van der Waals surface area (Å²) in [5.74, 6) is -0.280. The molecule has 0 saturated carbocycles. The van der Waals surface area contributed by atoms with Gasteiger partial charge < -0.3 is 10.5 Å². The number of carbonyl (C=O) groups excluding carboxylic acids is 1. The van der Waals surface area contributed by atoms with Gasteiger partial charge in [0.2, 0.25) is 5.91 Å². The molecule has 2 saturated heterocycles. The maximum Gasteiger partial charge on any atom is 0.223 e. The van der Waals surface area contributed by atoms with Crippen molar-refractivity contribution in [1.29, 1.82) is 0 Å². The molecule has 2 aliphatic rings. The van der Waals surface area contributed by atoms with Crippen LogP contribution in [0.1, 0.15) is 24.8 Å². The first-order valence-corrected chi connectivity index (χ1v) is 7.86. The lowest BCUT2D eigenvalue weighted by molar-refractivity contribution is -0.124. The van der Waals surface area contributed by atoms with Crippen molar-refractivity contribution in [2.45, 2.75) is 31.9 Å². The normalized spacial score (nSPS) is 27.1. The summed E-state index contributed by atoms with van der Waals surface area (Å²) in [5, 5.41) is 0. The van der Waals surface area contributed by atoms with Gasteiger partial charge in [0.15, 0.2) is 0 Å². The summed E-state index contributed by atoms with van der Waals surface area (Å²) in [6, 6.07) is 1.53. The van der Waals surface area contributed by atoms with Gasteiger partial charge in [0.25, 0.3) is 0 Å². The summed E-state index contributed by atoms with van der Waals surface area (Å²) in [6.07, 6.45) is 5.62. The molecular formula is C16H22FN3O2. The second-order valence-corrected chi connectivity index (χ2v) is 6.26. The fourth-order valence-corrected chi connectivity index (χ4v) is 3.62. The van der Waals surface area contributed by atoms with Gasteiger partial charge in [-0.1, -0.05) is 0 Å². The average Bonchev–Trinajstić information content (AvgIpc) is 2.98. The highest BCUT2D eigenvalue weighted by Crippen LogP contribution is 2.33. The number of aromatic nitrogens is 1. The van der Waals surface area contributed by atoms with Crippen molar-refractivity contribution in [3.8, 4) is 0 Å². The van der Waals surface area contributed by atoms with E-state index >= 15 is 0 Å². The summed E-state index contributed by atoms with van der Waals surface area (Å²) >= 11 is 0. The molecule has 5 nitrogen and oxygen atoms in total. The Morgan fingerprint density at radius 3 is 2.82 bits per heavy atom. The lowest BCUT2D eigenvalue weighted by Crippen LogP contribution is -2.41. The molecule has 3 heterocycles. The van der Waals surface area contributed by atoms with E-state index < -0.39 is 0 Å². The van der Waals surface area contributed by atoms with Crippen molar-refractivity contribution in [3.05, 3.63) is 29.8 Å². The Hall–Kier alpha value is -1.53. The smallest absolute Gasteiger partial charge is 0.223 e. The van der Waals surface area contributed by atoms with Crippen LogP contribution >= 0.6 is 0 Å². The minimum Gasteiger partial charge on any atom is -0.377 e. The van der Waals surface area contributed by atoms with Crippen molar-refractivity contribution < 1.29 is 13.9 Å². The van der Waals surface area contributed by atoms with Crippen LogP contribution in [0.4, 0.5) is 4.39 Å².